The van der Waals surface area contributed by atoms with E-state index in [-0.39, 0.29) is 24.6 Å². The number of carbonyl (C=O) groups excluding carboxylic acids is 2. The summed E-state index contributed by atoms with van der Waals surface area (Å²) in [5, 5.41) is 0. The van der Waals surface area contributed by atoms with Gasteiger partial charge in [-0.15, -0.1) is 0 Å². The van der Waals surface area contributed by atoms with Gasteiger partial charge in [0.25, 0.3) is 5.91 Å². The van der Waals surface area contributed by atoms with Gasteiger partial charge in [0.1, 0.15) is 11.4 Å². The highest BCUT2D eigenvalue weighted by Crippen LogP contribution is 2.60. The average Bonchev–Trinajstić information content (AvgIpc) is 2.75. The molecule has 6 heteroatoms. The first-order valence-electron chi connectivity index (χ1n) is 13.1. The van der Waals surface area contributed by atoms with E-state index >= 15 is 0 Å². The van der Waals surface area contributed by atoms with E-state index in [0.29, 0.717) is 25.0 Å². The van der Waals surface area contributed by atoms with Gasteiger partial charge in [-0.05, 0) is 107 Å². The van der Waals surface area contributed by atoms with Crippen molar-refractivity contribution in [2.24, 2.45) is 17.8 Å². The van der Waals surface area contributed by atoms with Gasteiger partial charge in [0.2, 0.25) is 0 Å². The molecular formula is C28H40N2O4. The molecule has 6 rings (SSSR count). The van der Waals surface area contributed by atoms with Gasteiger partial charge in [-0.3, -0.25) is 4.79 Å². The van der Waals surface area contributed by atoms with Gasteiger partial charge in [-0.1, -0.05) is 12.1 Å². The van der Waals surface area contributed by atoms with Gasteiger partial charge in [-0.2, -0.15) is 0 Å². The second-order valence-electron chi connectivity index (χ2n) is 12.4. The lowest BCUT2D eigenvalue weighted by Gasteiger charge is -2.57. The summed E-state index contributed by atoms with van der Waals surface area (Å²) in [7, 11) is 0. The van der Waals surface area contributed by atoms with Crippen molar-refractivity contribution >= 4 is 12.0 Å². The summed E-state index contributed by atoms with van der Waals surface area (Å²) < 4.78 is 11.4. The second kappa shape index (κ2) is 8.76. The van der Waals surface area contributed by atoms with Crippen LogP contribution in [0.2, 0.25) is 0 Å². The van der Waals surface area contributed by atoms with Crippen molar-refractivity contribution in [2.45, 2.75) is 83.3 Å². The van der Waals surface area contributed by atoms with Crippen molar-refractivity contribution in [2.75, 3.05) is 26.2 Å². The SMILES string of the molecule is C[C@@H]1CN(C(=O)OC(C)(C)C)CCN1C(=O)COc1ccc(C23CC4CC(CC(C4)C2)C3)cc1. The number of benzene rings is 1. The highest BCUT2D eigenvalue weighted by molar-refractivity contribution is 5.78. The fraction of sp³-hybridized carbons (Fsp3) is 0.714. The van der Waals surface area contributed by atoms with E-state index in [9.17, 15) is 9.59 Å². The molecule has 1 aromatic rings. The predicted molar refractivity (Wildman–Crippen MR) is 131 cm³/mol. The molecule has 1 aromatic carbocycles. The second-order valence-corrected chi connectivity index (χ2v) is 12.4. The Kier molecular flexibility index (Phi) is 6.06. The summed E-state index contributed by atoms with van der Waals surface area (Å²) in [4.78, 5) is 28.7. The molecule has 1 heterocycles. The highest BCUT2D eigenvalue weighted by atomic mass is 16.6. The summed E-state index contributed by atoms with van der Waals surface area (Å²) in [5.74, 6) is 3.50. The fourth-order valence-corrected chi connectivity index (χ4v) is 7.42. The van der Waals surface area contributed by atoms with E-state index in [1.807, 2.05) is 44.7 Å². The fourth-order valence-electron chi connectivity index (χ4n) is 7.42. The molecule has 5 aliphatic rings. The van der Waals surface area contributed by atoms with Crippen molar-refractivity contribution in [3.63, 3.8) is 0 Å². The Bertz CT molecular complexity index is 884. The molecule has 5 fully saturated rings. The maximum absolute atomic E-state index is 12.8. The molecule has 1 saturated heterocycles. The van der Waals surface area contributed by atoms with Gasteiger partial charge in [0.15, 0.2) is 6.61 Å². The Morgan fingerprint density at radius 3 is 2.09 bits per heavy atom. The maximum atomic E-state index is 12.8. The van der Waals surface area contributed by atoms with Crippen LogP contribution < -0.4 is 4.74 Å². The Morgan fingerprint density at radius 1 is 0.971 bits per heavy atom. The average molecular weight is 469 g/mol. The summed E-state index contributed by atoms with van der Waals surface area (Å²) >= 11 is 0. The van der Waals surface area contributed by atoms with Gasteiger partial charge < -0.3 is 19.3 Å². The Morgan fingerprint density at radius 2 is 1.56 bits per heavy atom. The van der Waals surface area contributed by atoms with Crippen molar-refractivity contribution in [1.29, 1.82) is 0 Å². The van der Waals surface area contributed by atoms with Crippen LogP contribution in [0.25, 0.3) is 0 Å². The zero-order valence-corrected chi connectivity index (χ0v) is 21.2. The number of amides is 2. The Balaban J connectivity index is 1.13. The third kappa shape index (κ3) is 4.78. The molecule has 4 aliphatic carbocycles. The predicted octanol–water partition coefficient (Wildman–Crippen LogP) is 5.00. The molecule has 1 atom stereocenters. The molecule has 1 aliphatic heterocycles. The third-order valence-corrected chi connectivity index (χ3v) is 8.47. The number of piperazine rings is 1. The van der Waals surface area contributed by atoms with E-state index in [4.69, 9.17) is 9.47 Å². The number of nitrogens with zero attached hydrogens (tertiary/aromatic N) is 2. The molecule has 0 unspecified atom stereocenters. The van der Waals surface area contributed by atoms with Gasteiger partial charge in [0, 0.05) is 25.7 Å². The number of hydrogen-bond acceptors (Lipinski definition) is 4. The lowest BCUT2D eigenvalue weighted by Crippen LogP contribution is -2.56. The lowest BCUT2D eigenvalue weighted by atomic mass is 9.48. The number of rotatable bonds is 4. The molecule has 4 bridgehead atoms. The summed E-state index contributed by atoms with van der Waals surface area (Å²) in [5.41, 5.74) is 1.33. The number of carbonyl (C=O) groups is 2. The standard InChI is InChI=1S/C28H40N2O4/c1-19-17-29(26(32)34-27(2,3)4)9-10-30(19)25(31)18-33-24-7-5-23(6-8-24)28-14-20-11-21(15-28)13-22(12-20)16-28/h5-8,19-22H,9-18H2,1-4H3/t19-,20?,21?,22?,28?/m1/s1. The third-order valence-electron chi connectivity index (χ3n) is 8.47. The molecule has 0 N–H and O–H groups in total. The van der Waals surface area contributed by atoms with E-state index in [1.165, 1.54) is 44.1 Å². The van der Waals surface area contributed by atoms with Crippen LogP contribution in [-0.2, 0) is 14.9 Å². The van der Waals surface area contributed by atoms with E-state index in [1.54, 1.807) is 4.90 Å². The van der Waals surface area contributed by atoms with Crippen LogP contribution in [0.4, 0.5) is 4.79 Å². The lowest BCUT2D eigenvalue weighted by molar-refractivity contribution is -0.137. The van der Waals surface area contributed by atoms with E-state index in [0.717, 1.165) is 23.5 Å². The van der Waals surface area contributed by atoms with Gasteiger partial charge in [0.05, 0.1) is 0 Å². The highest BCUT2D eigenvalue weighted by Gasteiger charge is 2.51. The zero-order chi connectivity index (χ0) is 24.1. The minimum absolute atomic E-state index is 0.0213. The summed E-state index contributed by atoms with van der Waals surface area (Å²) in [6, 6.07) is 8.51. The van der Waals surface area contributed by atoms with Crippen molar-refractivity contribution in [1.82, 2.24) is 9.80 Å². The summed E-state index contributed by atoms with van der Waals surface area (Å²) in [6.45, 7) is 9.02. The molecule has 6 nitrogen and oxygen atoms in total. The molecule has 0 spiro atoms. The smallest absolute Gasteiger partial charge is 0.410 e. The van der Waals surface area contributed by atoms with Crippen LogP contribution in [0.15, 0.2) is 24.3 Å². The first kappa shape index (κ1) is 23.5. The normalized spacial score (nSPS) is 32.6. The van der Waals surface area contributed by atoms with Crippen LogP contribution in [0.3, 0.4) is 0 Å². The van der Waals surface area contributed by atoms with Crippen LogP contribution in [-0.4, -0.2) is 59.7 Å². The van der Waals surface area contributed by atoms with E-state index in [2.05, 4.69) is 12.1 Å². The van der Waals surface area contributed by atoms with E-state index < -0.39 is 5.60 Å². The van der Waals surface area contributed by atoms with Crippen molar-refractivity contribution in [3.05, 3.63) is 29.8 Å². The van der Waals surface area contributed by atoms with Gasteiger partial charge in [-0.25, -0.2) is 4.79 Å². The molecule has 0 aromatic heterocycles. The topological polar surface area (TPSA) is 59.1 Å². The van der Waals surface area contributed by atoms with Crippen LogP contribution in [0.1, 0.15) is 71.8 Å². The number of ether oxygens (including phenoxy) is 2. The Labute approximate surface area is 204 Å². The van der Waals surface area contributed by atoms with Gasteiger partial charge >= 0.3 is 6.09 Å². The molecule has 186 valence electrons. The molecule has 2 amide bonds. The molecule has 34 heavy (non-hydrogen) atoms. The molecule has 4 saturated carbocycles. The zero-order valence-electron chi connectivity index (χ0n) is 21.2. The maximum Gasteiger partial charge on any atom is 0.410 e. The first-order valence-corrected chi connectivity index (χ1v) is 13.1. The van der Waals surface area contributed by atoms with Crippen molar-refractivity contribution < 1.29 is 19.1 Å². The number of hydrogen-bond donors (Lipinski definition) is 0. The summed E-state index contributed by atoms with van der Waals surface area (Å²) in [6.07, 6.45) is 8.09. The largest absolute Gasteiger partial charge is 0.484 e. The molecule has 0 radical (unpaired) electrons. The first-order chi connectivity index (χ1) is 16.1. The minimum Gasteiger partial charge on any atom is -0.484 e. The van der Waals surface area contributed by atoms with Crippen LogP contribution >= 0.6 is 0 Å². The van der Waals surface area contributed by atoms with Crippen LogP contribution in [0.5, 0.6) is 5.75 Å². The van der Waals surface area contributed by atoms with Crippen LogP contribution in [0, 0.1) is 17.8 Å². The Hall–Kier alpha value is -2.24. The van der Waals surface area contributed by atoms with Crippen molar-refractivity contribution in [3.8, 4) is 5.75 Å². The monoisotopic (exact) mass is 468 g/mol. The molecular weight excluding hydrogens is 428 g/mol. The minimum atomic E-state index is -0.521. The quantitative estimate of drug-likeness (QED) is 0.624.